The van der Waals surface area contributed by atoms with Gasteiger partial charge in [-0.25, -0.2) is 0 Å². The lowest BCUT2D eigenvalue weighted by atomic mass is 9.82. The summed E-state index contributed by atoms with van der Waals surface area (Å²) in [7, 11) is -1.24. The topological polar surface area (TPSA) is 88.1 Å². The van der Waals surface area contributed by atoms with Gasteiger partial charge in [0.1, 0.15) is 5.78 Å². The Hall–Kier alpha value is -0.0300. The Morgan fingerprint density at radius 3 is 1.48 bits per heavy atom. The minimum atomic E-state index is -3.23. The van der Waals surface area contributed by atoms with Crippen LogP contribution in [0.1, 0.15) is 19.3 Å². The van der Waals surface area contributed by atoms with Crippen LogP contribution in [0.25, 0.3) is 0 Å². The van der Waals surface area contributed by atoms with Crippen molar-refractivity contribution in [2.24, 2.45) is 11.8 Å². The summed E-state index contributed by atoms with van der Waals surface area (Å²) in [4.78, 5) is 12.5. The van der Waals surface area contributed by atoms with Gasteiger partial charge < -0.3 is 18.1 Å². The number of Topliss-reactive ketones (excluding diaryl/α,β-unsaturated/α-hetero) is 1. The van der Waals surface area contributed by atoms with Crippen LogP contribution in [0.4, 0.5) is 0 Å². The maximum absolute atomic E-state index is 12.5. The molecule has 7 nitrogen and oxygen atoms in total. The third kappa shape index (κ3) is 4.98. The molecule has 2 unspecified atom stereocenters. The minimum absolute atomic E-state index is 0.0552. The third-order valence-electron chi connectivity index (χ3n) is 3.91. The van der Waals surface area contributed by atoms with Crippen LogP contribution in [0.3, 0.4) is 0 Å². The Bertz CT molecular complexity index is 397. The molecule has 0 aromatic carbocycles. The summed E-state index contributed by atoms with van der Waals surface area (Å²) in [5.41, 5.74) is 0. The Labute approximate surface area is 125 Å². The van der Waals surface area contributed by atoms with Crippen molar-refractivity contribution in [2.75, 3.05) is 40.8 Å². The van der Waals surface area contributed by atoms with E-state index in [-0.39, 0.29) is 18.1 Å². The van der Waals surface area contributed by atoms with Crippen molar-refractivity contribution in [1.82, 2.24) is 0 Å². The molecule has 1 aliphatic carbocycles. The predicted molar refractivity (Wildman–Crippen MR) is 78.8 cm³/mol. The van der Waals surface area contributed by atoms with Crippen molar-refractivity contribution >= 4 is 21.0 Å². The molecule has 1 aliphatic rings. The van der Waals surface area contributed by atoms with Crippen LogP contribution in [-0.2, 0) is 32.0 Å². The Morgan fingerprint density at radius 1 is 0.857 bits per heavy atom. The summed E-state index contributed by atoms with van der Waals surface area (Å²) in [6.07, 6.45) is 2.17. The van der Waals surface area contributed by atoms with E-state index in [2.05, 4.69) is 0 Å². The fraction of sp³-hybridized carbons (Fsp3) is 0.917. The lowest BCUT2D eigenvalue weighted by Crippen LogP contribution is -2.33. The van der Waals surface area contributed by atoms with Crippen molar-refractivity contribution in [2.45, 2.75) is 19.3 Å². The fourth-order valence-corrected chi connectivity index (χ4v) is 5.28. The van der Waals surface area contributed by atoms with E-state index in [1.54, 1.807) is 0 Å². The molecule has 0 bridgehead atoms. The highest BCUT2D eigenvalue weighted by Crippen LogP contribution is 2.52. The highest BCUT2D eigenvalue weighted by atomic mass is 31.2. The van der Waals surface area contributed by atoms with Crippen LogP contribution in [-0.4, -0.2) is 46.5 Å². The Morgan fingerprint density at radius 2 is 1.19 bits per heavy atom. The van der Waals surface area contributed by atoms with E-state index in [4.69, 9.17) is 18.1 Å². The van der Waals surface area contributed by atoms with E-state index in [9.17, 15) is 13.9 Å². The van der Waals surface area contributed by atoms with Gasteiger partial charge in [-0.2, -0.15) is 0 Å². The summed E-state index contributed by atoms with van der Waals surface area (Å²) < 4.78 is 43.9. The molecule has 2 atom stereocenters. The second kappa shape index (κ2) is 8.00. The summed E-state index contributed by atoms with van der Waals surface area (Å²) >= 11 is 0. The van der Waals surface area contributed by atoms with Gasteiger partial charge in [-0.15, -0.1) is 0 Å². The first-order valence-corrected chi connectivity index (χ1v) is 10.2. The van der Waals surface area contributed by atoms with Crippen LogP contribution >= 0.6 is 15.2 Å². The van der Waals surface area contributed by atoms with Crippen LogP contribution in [0.2, 0.25) is 0 Å². The van der Waals surface area contributed by atoms with Crippen molar-refractivity contribution in [3.8, 4) is 0 Å². The zero-order valence-electron chi connectivity index (χ0n) is 12.9. The average molecular weight is 342 g/mol. The first kappa shape index (κ1) is 19.0. The molecule has 0 aromatic heterocycles. The van der Waals surface area contributed by atoms with Crippen molar-refractivity contribution in [1.29, 1.82) is 0 Å². The van der Waals surface area contributed by atoms with Gasteiger partial charge in [0, 0.05) is 40.3 Å². The molecule has 1 fully saturated rings. The normalized spacial score (nSPS) is 24.3. The van der Waals surface area contributed by atoms with Crippen LogP contribution in [0.15, 0.2) is 0 Å². The molecule has 0 amide bonds. The minimum Gasteiger partial charge on any atom is -0.312 e. The molecular formula is C12H24O7P2. The van der Waals surface area contributed by atoms with Gasteiger partial charge >= 0.3 is 15.2 Å². The molecular weight excluding hydrogens is 318 g/mol. The molecule has 9 heteroatoms. The number of hydrogen-bond donors (Lipinski definition) is 0. The maximum atomic E-state index is 12.5. The third-order valence-corrected chi connectivity index (χ3v) is 7.91. The second-order valence-electron chi connectivity index (χ2n) is 5.04. The van der Waals surface area contributed by atoms with E-state index in [1.165, 1.54) is 28.4 Å². The van der Waals surface area contributed by atoms with Gasteiger partial charge in [0.25, 0.3) is 0 Å². The molecule has 0 aliphatic heterocycles. The van der Waals surface area contributed by atoms with Crippen molar-refractivity contribution in [3.63, 3.8) is 0 Å². The largest absolute Gasteiger partial charge is 0.330 e. The van der Waals surface area contributed by atoms with E-state index in [0.717, 1.165) is 6.42 Å². The fourth-order valence-electron chi connectivity index (χ4n) is 2.58. The molecule has 0 aromatic rings. The van der Waals surface area contributed by atoms with E-state index in [0.29, 0.717) is 12.8 Å². The van der Waals surface area contributed by atoms with Gasteiger partial charge in [-0.1, -0.05) is 6.42 Å². The van der Waals surface area contributed by atoms with Gasteiger partial charge in [0.05, 0.1) is 12.3 Å². The second-order valence-corrected chi connectivity index (χ2v) is 9.68. The first-order valence-electron chi connectivity index (χ1n) is 6.78. The van der Waals surface area contributed by atoms with Crippen LogP contribution < -0.4 is 0 Å². The number of ketones is 1. The molecule has 0 spiro atoms. The van der Waals surface area contributed by atoms with Gasteiger partial charge in [-0.3, -0.25) is 13.9 Å². The molecule has 0 heterocycles. The number of carbonyl (C=O) groups is 1. The van der Waals surface area contributed by atoms with Gasteiger partial charge in [0.2, 0.25) is 0 Å². The highest BCUT2D eigenvalue weighted by molar-refractivity contribution is 7.54. The highest BCUT2D eigenvalue weighted by Gasteiger charge is 2.40. The van der Waals surface area contributed by atoms with Crippen LogP contribution in [0.5, 0.6) is 0 Å². The van der Waals surface area contributed by atoms with E-state index < -0.39 is 27.0 Å². The van der Waals surface area contributed by atoms with Gasteiger partial charge in [0.15, 0.2) is 0 Å². The predicted octanol–water partition coefficient (Wildman–Crippen LogP) is 2.94. The molecule has 21 heavy (non-hydrogen) atoms. The summed E-state index contributed by atoms with van der Waals surface area (Å²) in [6, 6.07) is 0. The monoisotopic (exact) mass is 342 g/mol. The zero-order valence-corrected chi connectivity index (χ0v) is 14.7. The SMILES string of the molecule is COP(=O)(CC1CCCC(CP(=O)(OC)OC)C1=O)OC. The molecule has 0 N–H and O–H groups in total. The number of rotatable bonds is 8. The lowest BCUT2D eigenvalue weighted by Gasteiger charge is -2.30. The summed E-state index contributed by atoms with van der Waals surface area (Å²) in [5.74, 6) is -0.877. The lowest BCUT2D eigenvalue weighted by molar-refractivity contribution is -0.127. The standard InChI is InChI=1S/C12H24O7P2/c1-16-20(14,17-2)8-10-6-5-7-11(12(10)13)9-21(15,18-3)19-4/h10-11H,5-9H2,1-4H3. The van der Waals surface area contributed by atoms with E-state index >= 15 is 0 Å². The molecule has 1 rings (SSSR count). The summed E-state index contributed by atoms with van der Waals surface area (Å²) in [5, 5.41) is 0. The summed E-state index contributed by atoms with van der Waals surface area (Å²) in [6.45, 7) is 0. The van der Waals surface area contributed by atoms with Crippen LogP contribution in [0, 0.1) is 11.8 Å². The molecule has 1 saturated carbocycles. The Balaban J connectivity index is 2.77. The van der Waals surface area contributed by atoms with Crippen molar-refractivity contribution in [3.05, 3.63) is 0 Å². The van der Waals surface area contributed by atoms with Crippen molar-refractivity contribution < 1.29 is 32.0 Å². The molecule has 124 valence electrons. The Kier molecular flexibility index (Phi) is 7.25. The zero-order chi connectivity index (χ0) is 16.1. The number of hydrogen-bond acceptors (Lipinski definition) is 7. The average Bonchev–Trinajstić information content (AvgIpc) is 2.51. The smallest absolute Gasteiger partial charge is 0.312 e. The van der Waals surface area contributed by atoms with Gasteiger partial charge in [-0.05, 0) is 12.8 Å². The maximum Gasteiger partial charge on any atom is 0.330 e. The first-order chi connectivity index (χ1) is 9.83. The number of carbonyl (C=O) groups excluding carboxylic acids is 1. The molecule has 0 saturated heterocycles. The molecule has 0 radical (unpaired) electrons. The van der Waals surface area contributed by atoms with E-state index in [1.807, 2.05) is 0 Å². The quantitative estimate of drug-likeness (QED) is 0.627.